The summed E-state index contributed by atoms with van der Waals surface area (Å²) in [6.07, 6.45) is 0. The number of nitrogens with zero attached hydrogens (tertiary/aromatic N) is 1. The van der Waals surface area contributed by atoms with Crippen molar-refractivity contribution in [2.45, 2.75) is 0 Å². The second-order valence-corrected chi connectivity index (χ2v) is 7.36. The maximum Gasteiger partial charge on any atom is 0.257 e. The predicted molar refractivity (Wildman–Crippen MR) is 115 cm³/mol. The van der Waals surface area contributed by atoms with Crippen molar-refractivity contribution in [3.63, 3.8) is 0 Å². The summed E-state index contributed by atoms with van der Waals surface area (Å²) in [7, 11) is 0. The number of halogens is 2. The number of nitrogens with one attached hydrogen (secondary N) is 1. The molecule has 3 N–H and O–H groups in total. The van der Waals surface area contributed by atoms with Crippen LogP contribution in [-0.4, -0.2) is 26.7 Å². The number of aromatic hydroxyl groups is 1. The molecule has 8 heteroatoms. The third-order valence-corrected chi connectivity index (χ3v) is 5.16. The van der Waals surface area contributed by atoms with E-state index in [1.165, 1.54) is 24.3 Å². The van der Waals surface area contributed by atoms with Gasteiger partial charge in [-0.2, -0.15) is 4.73 Å². The Morgan fingerprint density at radius 3 is 2.37 bits per heavy atom. The number of rotatable bonds is 4. The molecule has 1 aromatic heterocycles. The van der Waals surface area contributed by atoms with Crippen LogP contribution >= 0.6 is 23.2 Å². The van der Waals surface area contributed by atoms with Gasteiger partial charge >= 0.3 is 0 Å². The van der Waals surface area contributed by atoms with Gasteiger partial charge in [0.1, 0.15) is 0 Å². The van der Waals surface area contributed by atoms with E-state index in [1.807, 2.05) is 0 Å². The van der Waals surface area contributed by atoms with E-state index in [1.54, 1.807) is 42.5 Å². The van der Waals surface area contributed by atoms with Gasteiger partial charge in [0.25, 0.3) is 5.91 Å². The van der Waals surface area contributed by atoms with Gasteiger partial charge in [0.15, 0.2) is 5.78 Å². The van der Waals surface area contributed by atoms with E-state index in [4.69, 9.17) is 23.2 Å². The van der Waals surface area contributed by atoms with Gasteiger partial charge < -0.3 is 15.6 Å². The maximum atomic E-state index is 12.8. The number of aromatic nitrogens is 1. The smallest absolute Gasteiger partial charge is 0.257 e. The van der Waals surface area contributed by atoms with E-state index in [-0.39, 0.29) is 21.7 Å². The molecule has 30 heavy (non-hydrogen) atoms. The Morgan fingerprint density at radius 2 is 1.67 bits per heavy atom. The fourth-order valence-electron chi connectivity index (χ4n) is 3.17. The molecular weight excluding hydrogens is 427 g/mol. The molecule has 0 unspecified atom stereocenters. The standard InChI is InChI=1S/C22H14Cl2N2O4/c23-13-6-8-15(17(24)10-13)21(28)25-14-7-9-16-18(11-14)26(30)22(29)19(16)20(27)12-4-2-1-3-5-12/h1-11,29-30H,(H,25,28). The van der Waals surface area contributed by atoms with Gasteiger partial charge in [-0.1, -0.05) is 53.5 Å². The number of hydrogen-bond donors (Lipinski definition) is 3. The summed E-state index contributed by atoms with van der Waals surface area (Å²) in [5, 5.41) is 24.2. The highest BCUT2D eigenvalue weighted by Gasteiger charge is 2.24. The monoisotopic (exact) mass is 440 g/mol. The van der Waals surface area contributed by atoms with Crippen LogP contribution in [0.1, 0.15) is 26.3 Å². The van der Waals surface area contributed by atoms with Crippen LogP contribution in [0.2, 0.25) is 10.0 Å². The van der Waals surface area contributed by atoms with Crippen molar-refractivity contribution in [2.24, 2.45) is 0 Å². The lowest BCUT2D eigenvalue weighted by molar-refractivity contribution is 0.102. The highest BCUT2D eigenvalue weighted by molar-refractivity contribution is 6.37. The molecule has 6 nitrogen and oxygen atoms in total. The van der Waals surface area contributed by atoms with E-state index in [0.29, 0.717) is 26.4 Å². The zero-order valence-electron chi connectivity index (χ0n) is 15.3. The van der Waals surface area contributed by atoms with Crippen LogP contribution in [0.3, 0.4) is 0 Å². The van der Waals surface area contributed by atoms with Crippen LogP contribution in [-0.2, 0) is 0 Å². The number of benzene rings is 3. The third-order valence-electron chi connectivity index (χ3n) is 4.62. The minimum Gasteiger partial charge on any atom is -0.492 e. The Bertz CT molecular complexity index is 1300. The maximum absolute atomic E-state index is 12.8. The average Bonchev–Trinajstić information content (AvgIpc) is 2.98. The van der Waals surface area contributed by atoms with Crippen molar-refractivity contribution in [3.05, 3.63) is 93.5 Å². The fourth-order valence-corrected chi connectivity index (χ4v) is 3.66. The largest absolute Gasteiger partial charge is 0.492 e. The van der Waals surface area contributed by atoms with Crippen LogP contribution in [0.25, 0.3) is 10.9 Å². The molecule has 1 heterocycles. The average molecular weight is 441 g/mol. The van der Waals surface area contributed by atoms with Crippen molar-refractivity contribution in [1.82, 2.24) is 4.73 Å². The van der Waals surface area contributed by atoms with Crippen LogP contribution in [0.5, 0.6) is 5.88 Å². The van der Waals surface area contributed by atoms with Gasteiger partial charge in [-0.3, -0.25) is 9.59 Å². The summed E-state index contributed by atoms with van der Waals surface area (Å²) < 4.78 is 0.510. The van der Waals surface area contributed by atoms with Crippen molar-refractivity contribution in [1.29, 1.82) is 0 Å². The first-order valence-electron chi connectivity index (χ1n) is 8.79. The van der Waals surface area contributed by atoms with Crippen LogP contribution < -0.4 is 5.32 Å². The van der Waals surface area contributed by atoms with Crippen molar-refractivity contribution in [2.75, 3.05) is 5.32 Å². The lowest BCUT2D eigenvalue weighted by atomic mass is 10.0. The Hall–Kier alpha value is -3.48. The molecule has 0 fully saturated rings. The van der Waals surface area contributed by atoms with E-state index < -0.39 is 17.6 Å². The van der Waals surface area contributed by atoms with Crippen molar-refractivity contribution >= 4 is 51.5 Å². The molecular formula is C22H14Cl2N2O4. The summed E-state index contributed by atoms with van der Waals surface area (Å²) in [5.74, 6) is -1.49. The van der Waals surface area contributed by atoms with E-state index in [2.05, 4.69) is 5.32 Å². The van der Waals surface area contributed by atoms with Gasteiger partial charge in [-0.15, -0.1) is 0 Å². The molecule has 4 aromatic rings. The summed E-state index contributed by atoms with van der Waals surface area (Å²) in [6, 6.07) is 17.5. The van der Waals surface area contributed by atoms with Crippen LogP contribution in [0.15, 0.2) is 66.7 Å². The molecule has 0 spiro atoms. The predicted octanol–water partition coefficient (Wildman–Crippen LogP) is 5.37. The number of amides is 1. The summed E-state index contributed by atoms with van der Waals surface area (Å²) in [5.41, 5.74) is 1.06. The zero-order valence-corrected chi connectivity index (χ0v) is 16.8. The lowest BCUT2D eigenvalue weighted by Gasteiger charge is -2.08. The summed E-state index contributed by atoms with van der Waals surface area (Å²) >= 11 is 11.9. The van der Waals surface area contributed by atoms with Crippen LogP contribution in [0, 0.1) is 0 Å². The molecule has 4 rings (SSSR count). The second kappa shape index (κ2) is 7.74. The van der Waals surface area contributed by atoms with E-state index in [9.17, 15) is 19.9 Å². The van der Waals surface area contributed by atoms with Gasteiger partial charge in [0, 0.05) is 21.7 Å². The lowest BCUT2D eigenvalue weighted by Crippen LogP contribution is -2.12. The van der Waals surface area contributed by atoms with Crippen molar-refractivity contribution in [3.8, 4) is 5.88 Å². The Balaban J connectivity index is 1.71. The molecule has 3 aromatic carbocycles. The molecule has 0 atom stereocenters. The number of hydrogen-bond acceptors (Lipinski definition) is 4. The molecule has 0 aliphatic heterocycles. The summed E-state index contributed by atoms with van der Waals surface area (Å²) in [4.78, 5) is 25.3. The van der Waals surface area contributed by atoms with E-state index in [0.717, 1.165) is 0 Å². The molecule has 1 amide bonds. The number of ketones is 1. The van der Waals surface area contributed by atoms with Crippen LogP contribution in [0.4, 0.5) is 5.69 Å². The highest BCUT2D eigenvalue weighted by Crippen LogP contribution is 2.34. The first-order chi connectivity index (χ1) is 14.4. The SMILES string of the molecule is O=C(Nc1ccc2c(C(=O)c3ccccc3)c(O)n(O)c2c1)c1ccc(Cl)cc1Cl. The minimum atomic E-state index is -0.580. The van der Waals surface area contributed by atoms with Crippen molar-refractivity contribution < 1.29 is 19.9 Å². The second-order valence-electron chi connectivity index (χ2n) is 6.52. The normalized spacial score (nSPS) is 10.9. The molecule has 0 aliphatic rings. The quantitative estimate of drug-likeness (QED) is 0.293. The molecule has 0 radical (unpaired) electrons. The summed E-state index contributed by atoms with van der Waals surface area (Å²) in [6.45, 7) is 0. The number of carbonyl (C=O) groups is 2. The molecule has 0 saturated heterocycles. The number of anilines is 1. The third kappa shape index (κ3) is 3.47. The zero-order chi connectivity index (χ0) is 21.4. The molecule has 0 aliphatic carbocycles. The van der Waals surface area contributed by atoms with Gasteiger partial charge in [-0.25, -0.2) is 0 Å². The highest BCUT2D eigenvalue weighted by atomic mass is 35.5. The molecule has 150 valence electrons. The fraction of sp³-hybridized carbons (Fsp3) is 0. The minimum absolute atomic E-state index is 0.0303. The molecule has 0 saturated carbocycles. The Kier molecular flexibility index (Phi) is 5.11. The Labute approximate surface area is 180 Å². The topological polar surface area (TPSA) is 91.6 Å². The first kappa shape index (κ1) is 19.8. The number of carbonyl (C=O) groups excluding carboxylic acids is 2. The Morgan fingerprint density at radius 1 is 0.933 bits per heavy atom. The first-order valence-corrected chi connectivity index (χ1v) is 9.55. The van der Waals surface area contributed by atoms with E-state index >= 15 is 0 Å². The number of fused-ring (bicyclic) bond motifs is 1. The van der Waals surface area contributed by atoms with Gasteiger partial charge in [-0.05, 0) is 36.4 Å². The van der Waals surface area contributed by atoms with Gasteiger partial charge in [0.2, 0.25) is 5.88 Å². The van der Waals surface area contributed by atoms with Gasteiger partial charge in [0.05, 0.1) is 21.7 Å². The molecule has 0 bridgehead atoms.